The number of hydrogen-bond donors (Lipinski definition) is 0. The molecule has 1 aliphatic rings. The predicted molar refractivity (Wildman–Crippen MR) is 101 cm³/mol. The Morgan fingerprint density at radius 2 is 1.29 bits per heavy atom. The molecule has 1 rings (SSSR count). The molecule has 0 bridgehead atoms. The normalized spacial score (nSPS) is 15.0. The van der Waals surface area contributed by atoms with Crippen LogP contribution >= 0.6 is 0 Å². The van der Waals surface area contributed by atoms with Gasteiger partial charge < -0.3 is 0 Å². The standard InChI is InChI=1S/C12H20.C8H16.CH4/c1-9(2)11-7-5-6-8-12(11)10(3)4;1-7(2)5-6-8(3)4;/h5,7,9-10H,6,8H2,1-4H3;5-8H,1-4H3;1H4/b;6-5-;. The quantitative estimate of drug-likeness (QED) is 0.472. The van der Waals surface area contributed by atoms with Crippen LogP contribution in [0.2, 0.25) is 0 Å². The van der Waals surface area contributed by atoms with Gasteiger partial charge in [0.25, 0.3) is 0 Å². The van der Waals surface area contributed by atoms with Gasteiger partial charge in [0.15, 0.2) is 0 Å². The van der Waals surface area contributed by atoms with E-state index in [-0.39, 0.29) is 7.43 Å². The first-order valence-electron chi connectivity index (χ1n) is 8.33. The van der Waals surface area contributed by atoms with E-state index in [1.165, 1.54) is 12.8 Å². The zero-order chi connectivity index (χ0) is 15.7. The number of rotatable bonds is 4. The summed E-state index contributed by atoms with van der Waals surface area (Å²) in [6, 6.07) is 0. The molecule has 0 nitrogen and oxygen atoms in total. The summed E-state index contributed by atoms with van der Waals surface area (Å²) < 4.78 is 0. The van der Waals surface area contributed by atoms with Crippen LogP contribution in [-0.4, -0.2) is 0 Å². The molecular formula is C21H40. The van der Waals surface area contributed by atoms with Gasteiger partial charge in [0, 0.05) is 0 Å². The second-order valence-electron chi connectivity index (χ2n) is 7.10. The third-order valence-corrected chi connectivity index (χ3v) is 3.45. The minimum absolute atomic E-state index is 0. The Hall–Kier alpha value is -0.780. The highest BCUT2D eigenvalue weighted by atomic mass is 14.2. The van der Waals surface area contributed by atoms with E-state index in [0.717, 1.165) is 5.92 Å². The predicted octanol–water partition coefficient (Wildman–Crippen LogP) is 7.44. The molecule has 21 heavy (non-hydrogen) atoms. The lowest BCUT2D eigenvalue weighted by molar-refractivity contribution is 0.657. The van der Waals surface area contributed by atoms with Gasteiger partial charge in [0.2, 0.25) is 0 Å². The van der Waals surface area contributed by atoms with Crippen molar-refractivity contribution in [3.63, 3.8) is 0 Å². The molecule has 0 heteroatoms. The molecule has 0 saturated heterocycles. The van der Waals surface area contributed by atoms with Crippen LogP contribution < -0.4 is 0 Å². The first-order valence-corrected chi connectivity index (χ1v) is 8.33. The second-order valence-corrected chi connectivity index (χ2v) is 7.10. The maximum Gasteiger partial charge on any atom is -0.0219 e. The highest BCUT2D eigenvalue weighted by molar-refractivity contribution is 5.31. The smallest absolute Gasteiger partial charge is 0.0219 e. The summed E-state index contributed by atoms with van der Waals surface area (Å²) >= 11 is 0. The lowest BCUT2D eigenvalue weighted by atomic mass is 9.84. The lowest BCUT2D eigenvalue weighted by Crippen LogP contribution is -2.06. The Balaban J connectivity index is 0. The van der Waals surface area contributed by atoms with E-state index < -0.39 is 0 Å². The third kappa shape index (κ3) is 10.6. The molecule has 0 unspecified atom stereocenters. The monoisotopic (exact) mass is 292 g/mol. The van der Waals surface area contributed by atoms with Gasteiger partial charge in [-0.2, -0.15) is 0 Å². The first-order chi connectivity index (χ1) is 9.25. The molecule has 0 spiro atoms. The molecule has 0 radical (unpaired) electrons. The van der Waals surface area contributed by atoms with Gasteiger partial charge in [-0.15, -0.1) is 0 Å². The molecule has 0 aromatic rings. The molecule has 0 N–H and O–H groups in total. The molecule has 0 heterocycles. The number of hydrogen-bond acceptors (Lipinski definition) is 0. The van der Waals surface area contributed by atoms with Gasteiger partial charge in [0.05, 0.1) is 0 Å². The van der Waals surface area contributed by atoms with E-state index in [0.29, 0.717) is 17.8 Å². The van der Waals surface area contributed by atoms with Crippen molar-refractivity contribution in [2.75, 3.05) is 0 Å². The van der Waals surface area contributed by atoms with Crippen LogP contribution in [0.1, 0.15) is 75.7 Å². The van der Waals surface area contributed by atoms with Crippen LogP contribution in [0.15, 0.2) is 35.5 Å². The van der Waals surface area contributed by atoms with Crippen LogP contribution in [0, 0.1) is 23.7 Å². The van der Waals surface area contributed by atoms with Crippen LogP contribution in [0.4, 0.5) is 0 Å². The van der Waals surface area contributed by atoms with Crippen LogP contribution in [-0.2, 0) is 0 Å². The molecule has 0 aromatic carbocycles. The summed E-state index contributed by atoms with van der Waals surface area (Å²) in [7, 11) is 0. The minimum Gasteiger partial charge on any atom is -0.0857 e. The zero-order valence-electron chi connectivity index (χ0n) is 15.0. The van der Waals surface area contributed by atoms with Crippen LogP contribution in [0.5, 0.6) is 0 Å². The summed E-state index contributed by atoms with van der Waals surface area (Å²) in [6.45, 7) is 17.9. The molecule has 0 atom stereocenters. The molecule has 0 amide bonds. The Kier molecular flexibility index (Phi) is 12.7. The summed E-state index contributed by atoms with van der Waals surface area (Å²) in [5.74, 6) is 2.83. The van der Waals surface area contributed by atoms with Gasteiger partial charge in [-0.1, -0.05) is 92.7 Å². The van der Waals surface area contributed by atoms with E-state index in [9.17, 15) is 0 Å². The summed E-state index contributed by atoms with van der Waals surface area (Å²) in [4.78, 5) is 0. The molecule has 0 aliphatic heterocycles. The van der Waals surface area contributed by atoms with Gasteiger partial charge in [-0.05, 0) is 42.1 Å². The Morgan fingerprint density at radius 1 is 0.810 bits per heavy atom. The summed E-state index contributed by atoms with van der Waals surface area (Å²) in [5, 5.41) is 0. The maximum absolute atomic E-state index is 2.32. The number of allylic oxidation sites excluding steroid dienone is 6. The van der Waals surface area contributed by atoms with Crippen molar-refractivity contribution in [1.29, 1.82) is 0 Å². The topological polar surface area (TPSA) is 0 Å². The Bertz CT molecular complexity index is 325. The Morgan fingerprint density at radius 3 is 1.57 bits per heavy atom. The van der Waals surface area contributed by atoms with Crippen LogP contribution in [0.25, 0.3) is 0 Å². The van der Waals surface area contributed by atoms with Crippen molar-refractivity contribution in [1.82, 2.24) is 0 Å². The van der Waals surface area contributed by atoms with E-state index in [4.69, 9.17) is 0 Å². The average molecular weight is 293 g/mol. The maximum atomic E-state index is 2.32. The molecule has 0 saturated carbocycles. The summed E-state index contributed by atoms with van der Waals surface area (Å²) in [6.07, 6.45) is 11.6. The fourth-order valence-corrected chi connectivity index (χ4v) is 2.33. The fraction of sp³-hybridized carbons (Fsp3) is 0.714. The Labute approximate surface area is 135 Å². The molecule has 1 aliphatic carbocycles. The molecule has 124 valence electrons. The SMILES string of the molecule is C.CC(C)/C=C\C(C)C.CC(C)C1=C(C(C)C)CCC=C1. The lowest BCUT2D eigenvalue weighted by Gasteiger charge is -2.21. The van der Waals surface area contributed by atoms with Crippen molar-refractivity contribution in [3.05, 3.63) is 35.5 Å². The van der Waals surface area contributed by atoms with Crippen molar-refractivity contribution in [2.45, 2.75) is 75.7 Å². The molecular weight excluding hydrogens is 252 g/mol. The largest absolute Gasteiger partial charge is 0.0857 e. The van der Waals surface area contributed by atoms with E-state index in [1.54, 1.807) is 11.1 Å². The van der Waals surface area contributed by atoms with Gasteiger partial charge in [-0.25, -0.2) is 0 Å². The molecule has 0 fully saturated rings. The minimum atomic E-state index is 0. The highest BCUT2D eigenvalue weighted by Crippen LogP contribution is 2.29. The van der Waals surface area contributed by atoms with E-state index in [1.807, 2.05) is 0 Å². The third-order valence-electron chi connectivity index (χ3n) is 3.45. The van der Waals surface area contributed by atoms with Crippen molar-refractivity contribution < 1.29 is 0 Å². The fourth-order valence-electron chi connectivity index (χ4n) is 2.33. The summed E-state index contributed by atoms with van der Waals surface area (Å²) in [5.41, 5.74) is 3.25. The van der Waals surface area contributed by atoms with Crippen molar-refractivity contribution in [3.8, 4) is 0 Å². The zero-order valence-corrected chi connectivity index (χ0v) is 15.0. The van der Waals surface area contributed by atoms with Crippen molar-refractivity contribution in [2.24, 2.45) is 23.7 Å². The van der Waals surface area contributed by atoms with Crippen molar-refractivity contribution >= 4 is 0 Å². The van der Waals surface area contributed by atoms with E-state index in [2.05, 4.69) is 79.7 Å². The van der Waals surface area contributed by atoms with Gasteiger partial charge in [-0.3, -0.25) is 0 Å². The van der Waals surface area contributed by atoms with E-state index >= 15 is 0 Å². The van der Waals surface area contributed by atoms with Crippen LogP contribution in [0.3, 0.4) is 0 Å². The molecule has 0 aromatic heterocycles. The van der Waals surface area contributed by atoms with Gasteiger partial charge in [0.1, 0.15) is 0 Å². The van der Waals surface area contributed by atoms with Gasteiger partial charge >= 0.3 is 0 Å². The second kappa shape index (κ2) is 11.8. The average Bonchev–Trinajstić information content (AvgIpc) is 2.37. The highest BCUT2D eigenvalue weighted by Gasteiger charge is 2.13. The first kappa shape index (κ1) is 22.5.